The number of unbranched alkanes of at least 4 members (excludes halogenated alkanes) is 3. The Hall–Kier alpha value is -1.28. The molecule has 0 saturated carbocycles. The van der Waals surface area contributed by atoms with Crippen LogP contribution >= 0.6 is 0 Å². The minimum Gasteiger partial charge on any atom is -0.494 e. The molecule has 0 saturated heterocycles. The molecule has 2 nitrogen and oxygen atoms in total. The first-order chi connectivity index (χ1) is 8.24. The van der Waals surface area contributed by atoms with Gasteiger partial charge in [-0.05, 0) is 50.3 Å². The summed E-state index contributed by atoms with van der Waals surface area (Å²) in [6, 6.07) is 7.64. The van der Waals surface area contributed by atoms with E-state index in [1.165, 1.54) is 12.8 Å². The van der Waals surface area contributed by atoms with Crippen LogP contribution in [0.25, 0.3) is 0 Å². The largest absolute Gasteiger partial charge is 0.494 e. The number of benzene rings is 1. The minimum atomic E-state index is -0.439. The summed E-state index contributed by atoms with van der Waals surface area (Å²) >= 11 is 0. The summed E-state index contributed by atoms with van der Waals surface area (Å²) in [7, 11) is 0. The highest BCUT2D eigenvalue weighted by molar-refractivity contribution is 5.29. The molecule has 0 aliphatic heterocycles. The standard InChI is InChI=1S/C15H22O2/c1-3-4-5-6-7-11-17-15-10-8-9-14(12-15)13(2)16/h3,8-10,12-13,16H,1,4-7,11H2,2H3/t13-/m0/s1. The van der Waals surface area contributed by atoms with Crippen molar-refractivity contribution in [2.75, 3.05) is 6.61 Å². The molecule has 0 amide bonds. The quantitative estimate of drug-likeness (QED) is 0.546. The third-order valence-electron chi connectivity index (χ3n) is 2.66. The van der Waals surface area contributed by atoms with Crippen LogP contribution in [0.4, 0.5) is 0 Å². The Morgan fingerprint density at radius 2 is 2.18 bits per heavy atom. The molecule has 0 aliphatic carbocycles. The first-order valence-corrected chi connectivity index (χ1v) is 6.25. The summed E-state index contributed by atoms with van der Waals surface area (Å²) in [5.74, 6) is 0.840. The highest BCUT2D eigenvalue weighted by Gasteiger charge is 2.01. The van der Waals surface area contributed by atoms with E-state index in [1.807, 2.05) is 30.3 Å². The van der Waals surface area contributed by atoms with E-state index in [-0.39, 0.29) is 0 Å². The van der Waals surface area contributed by atoms with Crippen LogP contribution in [-0.2, 0) is 0 Å². The Labute approximate surface area is 104 Å². The van der Waals surface area contributed by atoms with E-state index in [1.54, 1.807) is 6.92 Å². The Balaban J connectivity index is 2.26. The Morgan fingerprint density at radius 3 is 2.88 bits per heavy atom. The molecule has 1 rings (SSSR count). The van der Waals surface area contributed by atoms with E-state index in [2.05, 4.69) is 6.58 Å². The second-order valence-electron chi connectivity index (χ2n) is 4.23. The van der Waals surface area contributed by atoms with Crippen LogP contribution < -0.4 is 4.74 Å². The van der Waals surface area contributed by atoms with E-state index in [9.17, 15) is 5.11 Å². The van der Waals surface area contributed by atoms with Crippen molar-refractivity contribution in [3.8, 4) is 5.75 Å². The topological polar surface area (TPSA) is 29.5 Å². The summed E-state index contributed by atoms with van der Waals surface area (Å²) in [6.07, 6.45) is 6.01. The molecule has 94 valence electrons. The fourth-order valence-corrected chi connectivity index (χ4v) is 1.62. The van der Waals surface area contributed by atoms with Gasteiger partial charge < -0.3 is 9.84 Å². The van der Waals surface area contributed by atoms with Crippen molar-refractivity contribution in [3.05, 3.63) is 42.5 Å². The first-order valence-electron chi connectivity index (χ1n) is 6.25. The Morgan fingerprint density at radius 1 is 1.35 bits per heavy atom. The van der Waals surface area contributed by atoms with Gasteiger partial charge in [-0.2, -0.15) is 0 Å². The molecule has 17 heavy (non-hydrogen) atoms. The molecule has 0 fully saturated rings. The summed E-state index contributed by atoms with van der Waals surface area (Å²) < 4.78 is 5.64. The van der Waals surface area contributed by atoms with Crippen LogP contribution in [0.1, 0.15) is 44.3 Å². The number of ether oxygens (including phenoxy) is 1. The SMILES string of the molecule is C=CCCCCCOc1cccc([C@H](C)O)c1. The van der Waals surface area contributed by atoms with Crippen molar-refractivity contribution >= 4 is 0 Å². The van der Waals surface area contributed by atoms with E-state index < -0.39 is 6.10 Å². The highest BCUT2D eigenvalue weighted by Crippen LogP contribution is 2.19. The van der Waals surface area contributed by atoms with Crippen LogP contribution in [-0.4, -0.2) is 11.7 Å². The van der Waals surface area contributed by atoms with Crippen molar-refractivity contribution < 1.29 is 9.84 Å². The maximum absolute atomic E-state index is 9.45. The van der Waals surface area contributed by atoms with Crippen LogP contribution in [0.2, 0.25) is 0 Å². The van der Waals surface area contributed by atoms with Gasteiger partial charge in [-0.15, -0.1) is 6.58 Å². The van der Waals surface area contributed by atoms with Crippen LogP contribution in [0.5, 0.6) is 5.75 Å². The number of hydrogen-bond donors (Lipinski definition) is 1. The van der Waals surface area contributed by atoms with Gasteiger partial charge in [-0.25, -0.2) is 0 Å². The lowest BCUT2D eigenvalue weighted by atomic mass is 10.1. The lowest BCUT2D eigenvalue weighted by Gasteiger charge is -2.09. The number of hydrogen-bond acceptors (Lipinski definition) is 2. The second-order valence-corrected chi connectivity index (χ2v) is 4.23. The molecule has 0 unspecified atom stereocenters. The zero-order valence-corrected chi connectivity index (χ0v) is 10.6. The fourth-order valence-electron chi connectivity index (χ4n) is 1.62. The lowest BCUT2D eigenvalue weighted by molar-refractivity contribution is 0.198. The number of aliphatic hydroxyl groups excluding tert-OH is 1. The summed E-state index contributed by atoms with van der Waals surface area (Å²) in [5.41, 5.74) is 0.897. The third kappa shape index (κ3) is 5.55. The molecular weight excluding hydrogens is 212 g/mol. The number of allylic oxidation sites excluding steroid dienone is 1. The predicted octanol–water partition coefficient (Wildman–Crippen LogP) is 3.87. The van der Waals surface area contributed by atoms with Gasteiger partial charge >= 0.3 is 0 Å². The zero-order chi connectivity index (χ0) is 12.5. The normalized spacial score (nSPS) is 12.1. The van der Waals surface area contributed by atoms with Gasteiger partial charge in [0.25, 0.3) is 0 Å². The Bertz CT molecular complexity index is 331. The smallest absolute Gasteiger partial charge is 0.119 e. The molecule has 0 heterocycles. The van der Waals surface area contributed by atoms with Crippen molar-refractivity contribution in [1.29, 1.82) is 0 Å². The van der Waals surface area contributed by atoms with E-state index in [0.29, 0.717) is 0 Å². The number of aliphatic hydroxyl groups is 1. The first kappa shape index (κ1) is 13.8. The van der Waals surface area contributed by atoms with Gasteiger partial charge in [0.15, 0.2) is 0 Å². The molecule has 0 aliphatic rings. The Kier molecular flexibility index (Phi) is 6.41. The molecule has 1 aromatic carbocycles. The third-order valence-corrected chi connectivity index (χ3v) is 2.66. The van der Waals surface area contributed by atoms with Gasteiger partial charge in [0, 0.05) is 0 Å². The fraction of sp³-hybridized carbons (Fsp3) is 0.467. The monoisotopic (exact) mass is 234 g/mol. The summed E-state index contributed by atoms with van der Waals surface area (Å²) in [6.45, 7) is 6.19. The van der Waals surface area contributed by atoms with Gasteiger partial charge in [0.05, 0.1) is 12.7 Å². The molecule has 1 atom stereocenters. The molecule has 0 radical (unpaired) electrons. The molecule has 0 bridgehead atoms. The molecular formula is C15H22O2. The van der Waals surface area contributed by atoms with E-state index >= 15 is 0 Å². The van der Waals surface area contributed by atoms with Crippen molar-refractivity contribution in [2.45, 2.75) is 38.7 Å². The molecule has 2 heteroatoms. The number of rotatable bonds is 8. The molecule has 0 spiro atoms. The van der Waals surface area contributed by atoms with E-state index in [0.717, 1.165) is 30.8 Å². The average Bonchev–Trinajstić information content (AvgIpc) is 2.34. The lowest BCUT2D eigenvalue weighted by Crippen LogP contribution is -1.98. The van der Waals surface area contributed by atoms with Gasteiger partial charge in [0.1, 0.15) is 5.75 Å². The van der Waals surface area contributed by atoms with Crippen LogP contribution in [0.3, 0.4) is 0 Å². The van der Waals surface area contributed by atoms with Crippen molar-refractivity contribution in [1.82, 2.24) is 0 Å². The maximum Gasteiger partial charge on any atom is 0.119 e. The summed E-state index contributed by atoms with van der Waals surface area (Å²) in [4.78, 5) is 0. The van der Waals surface area contributed by atoms with E-state index in [4.69, 9.17) is 4.74 Å². The minimum absolute atomic E-state index is 0.439. The molecule has 1 N–H and O–H groups in total. The predicted molar refractivity (Wildman–Crippen MR) is 71.2 cm³/mol. The van der Waals surface area contributed by atoms with Crippen molar-refractivity contribution in [2.24, 2.45) is 0 Å². The van der Waals surface area contributed by atoms with Gasteiger partial charge in [-0.1, -0.05) is 18.2 Å². The summed E-state index contributed by atoms with van der Waals surface area (Å²) in [5, 5.41) is 9.45. The molecule has 1 aromatic rings. The maximum atomic E-state index is 9.45. The van der Waals surface area contributed by atoms with Gasteiger partial charge in [0.2, 0.25) is 0 Å². The van der Waals surface area contributed by atoms with Crippen LogP contribution in [0, 0.1) is 0 Å². The zero-order valence-electron chi connectivity index (χ0n) is 10.6. The second kappa shape index (κ2) is 7.91. The molecule has 0 aromatic heterocycles. The highest BCUT2D eigenvalue weighted by atomic mass is 16.5. The van der Waals surface area contributed by atoms with Crippen molar-refractivity contribution in [3.63, 3.8) is 0 Å². The van der Waals surface area contributed by atoms with Gasteiger partial charge in [-0.3, -0.25) is 0 Å². The van der Waals surface area contributed by atoms with Crippen LogP contribution in [0.15, 0.2) is 36.9 Å². The average molecular weight is 234 g/mol.